The summed E-state index contributed by atoms with van der Waals surface area (Å²) in [6.07, 6.45) is 4.47. The van der Waals surface area contributed by atoms with E-state index in [2.05, 4.69) is 24.5 Å². The van der Waals surface area contributed by atoms with Crippen LogP contribution in [0.4, 0.5) is 0 Å². The normalized spacial score (nSPS) is 21.7. The molecule has 1 aliphatic heterocycles. The third-order valence-corrected chi connectivity index (χ3v) is 2.93. The van der Waals surface area contributed by atoms with Crippen LogP contribution in [0.3, 0.4) is 0 Å². The van der Waals surface area contributed by atoms with Gasteiger partial charge in [0.15, 0.2) is 0 Å². The van der Waals surface area contributed by atoms with E-state index in [-0.39, 0.29) is 11.8 Å². The first-order chi connectivity index (χ1) is 7.20. The molecule has 15 heavy (non-hydrogen) atoms. The Hall–Kier alpha value is -0.570. The molecule has 0 aliphatic carbocycles. The third kappa shape index (κ3) is 5.17. The second kappa shape index (κ2) is 6.83. The molecule has 0 radical (unpaired) electrons. The molecule has 88 valence electrons. The molecule has 0 bridgehead atoms. The summed E-state index contributed by atoms with van der Waals surface area (Å²) in [5, 5.41) is 6.29. The maximum Gasteiger partial charge on any atom is 0.224 e. The Labute approximate surface area is 93.0 Å². The fourth-order valence-corrected chi connectivity index (χ4v) is 1.94. The zero-order valence-corrected chi connectivity index (χ0v) is 10.0. The van der Waals surface area contributed by atoms with E-state index >= 15 is 0 Å². The molecule has 3 heteroatoms. The van der Waals surface area contributed by atoms with Crippen LogP contribution in [0.5, 0.6) is 0 Å². The predicted octanol–water partition coefficient (Wildman–Crippen LogP) is 1.54. The number of rotatable bonds is 5. The van der Waals surface area contributed by atoms with E-state index in [9.17, 15) is 4.79 Å². The van der Waals surface area contributed by atoms with Crippen molar-refractivity contribution in [2.75, 3.05) is 19.6 Å². The van der Waals surface area contributed by atoms with Crippen molar-refractivity contribution in [1.29, 1.82) is 0 Å². The van der Waals surface area contributed by atoms with Gasteiger partial charge in [-0.2, -0.15) is 0 Å². The van der Waals surface area contributed by atoms with Crippen molar-refractivity contribution in [3.8, 4) is 0 Å². The molecule has 1 rings (SSSR count). The Morgan fingerprint density at radius 1 is 1.53 bits per heavy atom. The zero-order chi connectivity index (χ0) is 11.1. The highest BCUT2D eigenvalue weighted by Gasteiger charge is 2.19. The van der Waals surface area contributed by atoms with Gasteiger partial charge in [0.2, 0.25) is 5.91 Å². The van der Waals surface area contributed by atoms with Gasteiger partial charge in [0, 0.05) is 13.1 Å². The van der Waals surface area contributed by atoms with Crippen LogP contribution >= 0.6 is 0 Å². The summed E-state index contributed by atoms with van der Waals surface area (Å²) in [5.74, 6) is 1.18. The van der Waals surface area contributed by atoms with E-state index in [1.54, 1.807) is 0 Å². The van der Waals surface area contributed by atoms with Crippen molar-refractivity contribution in [3.05, 3.63) is 0 Å². The average Bonchev–Trinajstić information content (AvgIpc) is 2.25. The molecular weight excluding hydrogens is 188 g/mol. The van der Waals surface area contributed by atoms with Crippen LogP contribution in [-0.2, 0) is 4.79 Å². The van der Waals surface area contributed by atoms with Crippen LogP contribution in [0.1, 0.15) is 39.5 Å². The number of carbonyl (C=O) groups excluding carboxylic acids is 1. The standard InChI is InChI=1S/C12H24N2O/c1-10(2)5-3-8-14-12(15)11-6-4-7-13-9-11/h10-11,13H,3-9H2,1-2H3,(H,14,15). The molecule has 0 saturated carbocycles. The number of hydrogen-bond donors (Lipinski definition) is 2. The fourth-order valence-electron chi connectivity index (χ4n) is 1.94. The molecule has 0 aromatic rings. The molecule has 1 unspecified atom stereocenters. The van der Waals surface area contributed by atoms with Gasteiger partial charge in [-0.25, -0.2) is 0 Å². The van der Waals surface area contributed by atoms with Gasteiger partial charge < -0.3 is 10.6 Å². The average molecular weight is 212 g/mol. The highest BCUT2D eigenvalue weighted by molar-refractivity contribution is 5.78. The minimum Gasteiger partial charge on any atom is -0.356 e. The molecule has 1 heterocycles. The Morgan fingerprint density at radius 2 is 2.33 bits per heavy atom. The summed E-state index contributed by atoms with van der Waals surface area (Å²) < 4.78 is 0. The Kier molecular flexibility index (Phi) is 5.69. The molecule has 3 nitrogen and oxygen atoms in total. The number of hydrogen-bond acceptors (Lipinski definition) is 2. The Morgan fingerprint density at radius 3 is 2.93 bits per heavy atom. The monoisotopic (exact) mass is 212 g/mol. The molecule has 1 fully saturated rings. The quantitative estimate of drug-likeness (QED) is 0.679. The minimum atomic E-state index is 0.206. The lowest BCUT2D eigenvalue weighted by Gasteiger charge is -2.21. The lowest BCUT2D eigenvalue weighted by Crippen LogP contribution is -2.40. The van der Waals surface area contributed by atoms with E-state index in [0.717, 1.165) is 44.8 Å². The van der Waals surface area contributed by atoms with Crippen molar-refractivity contribution in [2.45, 2.75) is 39.5 Å². The smallest absolute Gasteiger partial charge is 0.224 e. The largest absolute Gasteiger partial charge is 0.356 e. The van der Waals surface area contributed by atoms with Crippen molar-refractivity contribution >= 4 is 5.91 Å². The second-order valence-electron chi connectivity index (χ2n) is 4.87. The first-order valence-corrected chi connectivity index (χ1v) is 6.18. The molecule has 1 atom stereocenters. The van der Waals surface area contributed by atoms with Crippen molar-refractivity contribution < 1.29 is 4.79 Å². The van der Waals surface area contributed by atoms with E-state index in [1.165, 1.54) is 6.42 Å². The van der Waals surface area contributed by atoms with Gasteiger partial charge in [0.25, 0.3) is 0 Å². The zero-order valence-electron chi connectivity index (χ0n) is 10.0. The van der Waals surface area contributed by atoms with Gasteiger partial charge >= 0.3 is 0 Å². The molecular formula is C12H24N2O. The molecule has 0 aromatic heterocycles. The van der Waals surface area contributed by atoms with Crippen molar-refractivity contribution in [3.63, 3.8) is 0 Å². The minimum absolute atomic E-state index is 0.206. The van der Waals surface area contributed by atoms with Gasteiger partial charge in [-0.05, 0) is 38.1 Å². The summed E-state index contributed by atoms with van der Waals surface area (Å²) in [7, 11) is 0. The summed E-state index contributed by atoms with van der Waals surface area (Å²) in [4.78, 5) is 11.7. The first kappa shape index (κ1) is 12.5. The predicted molar refractivity (Wildman–Crippen MR) is 62.7 cm³/mol. The van der Waals surface area contributed by atoms with Crippen LogP contribution in [0.25, 0.3) is 0 Å². The van der Waals surface area contributed by atoms with Gasteiger partial charge in [0.05, 0.1) is 5.92 Å². The Balaban J connectivity index is 2.07. The molecule has 0 aromatic carbocycles. The molecule has 2 N–H and O–H groups in total. The van der Waals surface area contributed by atoms with Crippen LogP contribution in [-0.4, -0.2) is 25.5 Å². The maximum absolute atomic E-state index is 11.7. The maximum atomic E-state index is 11.7. The van der Waals surface area contributed by atoms with Crippen LogP contribution in [0, 0.1) is 11.8 Å². The summed E-state index contributed by atoms with van der Waals surface area (Å²) in [6, 6.07) is 0. The highest BCUT2D eigenvalue weighted by Crippen LogP contribution is 2.09. The SMILES string of the molecule is CC(C)CCCNC(=O)C1CCCNC1. The van der Waals surface area contributed by atoms with Crippen LogP contribution in [0.15, 0.2) is 0 Å². The number of amides is 1. The van der Waals surface area contributed by atoms with Gasteiger partial charge in [-0.1, -0.05) is 13.8 Å². The van der Waals surface area contributed by atoms with E-state index < -0.39 is 0 Å². The van der Waals surface area contributed by atoms with Gasteiger partial charge in [0.1, 0.15) is 0 Å². The molecule has 1 aliphatic rings. The summed E-state index contributed by atoms with van der Waals surface area (Å²) >= 11 is 0. The Bertz CT molecular complexity index is 186. The summed E-state index contributed by atoms with van der Waals surface area (Å²) in [5.41, 5.74) is 0. The first-order valence-electron chi connectivity index (χ1n) is 6.18. The lowest BCUT2D eigenvalue weighted by molar-refractivity contribution is -0.125. The number of piperidine rings is 1. The van der Waals surface area contributed by atoms with Crippen LogP contribution in [0.2, 0.25) is 0 Å². The summed E-state index contributed by atoms with van der Waals surface area (Å²) in [6.45, 7) is 7.19. The van der Waals surface area contributed by atoms with E-state index in [1.807, 2.05) is 0 Å². The van der Waals surface area contributed by atoms with Crippen molar-refractivity contribution in [2.24, 2.45) is 11.8 Å². The van der Waals surface area contributed by atoms with Gasteiger partial charge in [-0.15, -0.1) is 0 Å². The van der Waals surface area contributed by atoms with E-state index in [0.29, 0.717) is 0 Å². The molecule has 1 amide bonds. The highest BCUT2D eigenvalue weighted by atomic mass is 16.1. The second-order valence-corrected chi connectivity index (χ2v) is 4.87. The van der Waals surface area contributed by atoms with Crippen LogP contribution < -0.4 is 10.6 Å². The molecule has 0 spiro atoms. The van der Waals surface area contributed by atoms with E-state index in [4.69, 9.17) is 0 Å². The topological polar surface area (TPSA) is 41.1 Å². The number of carbonyl (C=O) groups is 1. The lowest BCUT2D eigenvalue weighted by atomic mass is 9.99. The fraction of sp³-hybridized carbons (Fsp3) is 0.917. The molecule has 1 saturated heterocycles. The number of nitrogens with one attached hydrogen (secondary N) is 2. The third-order valence-electron chi connectivity index (χ3n) is 2.93. The van der Waals surface area contributed by atoms with Crippen molar-refractivity contribution in [1.82, 2.24) is 10.6 Å². The van der Waals surface area contributed by atoms with Gasteiger partial charge in [-0.3, -0.25) is 4.79 Å².